The molecule has 3 nitrogen and oxygen atoms in total. The van der Waals surface area contributed by atoms with Crippen LogP contribution >= 0.6 is 0 Å². The summed E-state index contributed by atoms with van der Waals surface area (Å²) in [5.74, 6) is 0.294. The van der Waals surface area contributed by atoms with Crippen LogP contribution in [0.3, 0.4) is 0 Å². The number of carbonyl (C=O) groups excluding carboxylic acids is 1. The van der Waals surface area contributed by atoms with Crippen molar-refractivity contribution in [2.45, 2.75) is 58.7 Å². The lowest BCUT2D eigenvalue weighted by Gasteiger charge is -2.31. The second kappa shape index (κ2) is 3.07. The third-order valence-corrected chi connectivity index (χ3v) is 5.38. The maximum atomic E-state index is 12.3. The number of fused-ring (bicyclic) bond motifs is 2. The van der Waals surface area contributed by atoms with E-state index in [4.69, 9.17) is 0 Å². The van der Waals surface area contributed by atoms with Crippen molar-refractivity contribution in [2.75, 3.05) is 0 Å². The van der Waals surface area contributed by atoms with Crippen LogP contribution < -0.4 is 0 Å². The molecule has 0 aromatic carbocycles. The average molecular weight is 250 g/mol. The maximum Gasteiger partial charge on any atom is 0.191 e. The van der Waals surface area contributed by atoms with Crippen molar-refractivity contribution in [3.05, 3.63) is 11.1 Å². The molecule has 0 amide bonds. The van der Waals surface area contributed by atoms with Crippen LogP contribution in [0.15, 0.2) is 11.1 Å². The van der Waals surface area contributed by atoms with Gasteiger partial charge in [0.15, 0.2) is 5.78 Å². The van der Waals surface area contributed by atoms with Crippen molar-refractivity contribution in [3.63, 3.8) is 0 Å². The summed E-state index contributed by atoms with van der Waals surface area (Å²) in [6.45, 7) is 8.07. The quantitative estimate of drug-likeness (QED) is 0.689. The molecule has 0 aromatic heterocycles. The molecule has 0 aliphatic heterocycles. The van der Waals surface area contributed by atoms with Crippen LogP contribution in [0.1, 0.15) is 47.0 Å². The van der Waals surface area contributed by atoms with Gasteiger partial charge in [-0.2, -0.15) is 0 Å². The minimum Gasteiger partial charge on any atom is -0.383 e. The number of hydrogen-bond acceptors (Lipinski definition) is 3. The zero-order valence-corrected chi connectivity index (χ0v) is 11.6. The molecule has 3 aliphatic rings. The van der Waals surface area contributed by atoms with Crippen molar-refractivity contribution < 1.29 is 15.0 Å². The van der Waals surface area contributed by atoms with Gasteiger partial charge in [0.05, 0.1) is 0 Å². The first-order valence-electron chi connectivity index (χ1n) is 6.78. The van der Waals surface area contributed by atoms with Crippen LogP contribution in [0.25, 0.3) is 0 Å². The van der Waals surface area contributed by atoms with Gasteiger partial charge in [0.2, 0.25) is 0 Å². The number of carbonyl (C=O) groups is 1. The van der Waals surface area contributed by atoms with Crippen LogP contribution in [0.2, 0.25) is 0 Å². The molecule has 100 valence electrons. The second-order valence-electron chi connectivity index (χ2n) is 7.63. The van der Waals surface area contributed by atoms with Gasteiger partial charge in [-0.1, -0.05) is 20.8 Å². The van der Waals surface area contributed by atoms with Crippen molar-refractivity contribution in [1.82, 2.24) is 0 Å². The zero-order valence-electron chi connectivity index (χ0n) is 11.6. The lowest BCUT2D eigenvalue weighted by molar-refractivity contribution is -0.130. The Morgan fingerprint density at radius 2 is 1.78 bits per heavy atom. The fourth-order valence-electron chi connectivity index (χ4n) is 4.13. The Hall–Kier alpha value is -0.670. The summed E-state index contributed by atoms with van der Waals surface area (Å²) >= 11 is 0. The number of Topliss-reactive ketones (excluding diaryl/α,β-unsaturated/α-hetero) is 1. The van der Waals surface area contributed by atoms with E-state index < -0.39 is 11.7 Å². The fourth-order valence-corrected chi connectivity index (χ4v) is 4.13. The van der Waals surface area contributed by atoms with E-state index in [9.17, 15) is 15.0 Å². The molecular formula is C15H22O3. The molecule has 0 unspecified atom stereocenters. The smallest absolute Gasteiger partial charge is 0.191 e. The van der Waals surface area contributed by atoms with Gasteiger partial charge < -0.3 is 10.2 Å². The molecule has 0 spiro atoms. The number of rotatable bonds is 0. The molecule has 0 heterocycles. The molecule has 3 aliphatic carbocycles. The van der Waals surface area contributed by atoms with Crippen LogP contribution in [-0.2, 0) is 4.79 Å². The van der Waals surface area contributed by atoms with Gasteiger partial charge in [0.25, 0.3) is 0 Å². The van der Waals surface area contributed by atoms with Gasteiger partial charge in [0, 0.05) is 5.57 Å². The number of hydrogen-bond donors (Lipinski definition) is 2. The third-order valence-electron chi connectivity index (χ3n) is 5.38. The van der Waals surface area contributed by atoms with E-state index in [-0.39, 0.29) is 16.6 Å². The summed E-state index contributed by atoms with van der Waals surface area (Å²) < 4.78 is 0. The summed E-state index contributed by atoms with van der Waals surface area (Å²) in [6.07, 6.45) is 1.55. The highest BCUT2D eigenvalue weighted by molar-refractivity contribution is 6.05. The predicted octanol–water partition coefficient (Wildman–Crippen LogP) is 1.82. The monoisotopic (exact) mass is 250 g/mol. The molecule has 0 aromatic rings. The van der Waals surface area contributed by atoms with Gasteiger partial charge >= 0.3 is 0 Å². The van der Waals surface area contributed by atoms with Crippen LogP contribution in [-0.4, -0.2) is 27.7 Å². The first kappa shape index (κ1) is 12.4. The largest absolute Gasteiger partial charge is 0.383 e. The Balaban J connectivity index is 2.17. The molecule has 2 N–H and O–H groups in total. The number of aliphatic hydroxyl groups is 2. The summed E-state index contributed by atoms with van der Waals surface area (Å²) in [5.41, 5.74) is 0.169. The van der Waals surface area contributed by atoms with Crippen molar-refractivity contribution in [3.8, 4) is 0 Å². The van der Waals surface area contributed by atoms with Crippen molar-refractivity contribution in [2.24, 2.45) is 16.7 Å². The Labute approximate surface area is 108 Å². The third kappa shape index (κ3) is 1.35. The summed E-state index contributed by atoms with van der Waals surface area (Å²) in [6, 6.07) is 0. The second-order valence-corrected chi connectivity index (χ2v) is 7.63. The predicted molar refractivity (Wildman–Crippen MR) is 67.9 cm³/mol. The molecule has 0 radical (unpaired) electrons. The van der Waals surface area contributed by atoms with Crippen molar-refractivity contribution in [1.29, 1.82) is 0 Å². The SMILES string of the molecule is CC1(C)CC2=C(C(=O)[C@@H](O)[C@@]2(C)O)[C@]2(C)C[C@@H]2C1. The Bertz CT molecular complexity index is 472. The summed E-state index contributed by atoms with van der Waals surface area (Å²) in [5, 5.41) is 20.5. The first-order chi connectivity index (χ1) is 8.09. The fraction of sp³-hybridized carbons (Fsp3) is 0.800. The Morgan fingerprint density at radius 3 is 2.39 bits per heavy atom. The average Bonchev–Trinajstić information content (AvgIpc) is 2.81. The van der Waals surface area contributed by atoms with Crippen molar-refractivity contribution >= 4 is 5.78 Å². The number of aliphatic hydroxyl groups excluding tert-OH is 1. The van der Waals surface area contributed by atoms with E-state index in [1.54, 1.807) is 6.92 Å². The summed E-state index contributed by atoms with van der Waals surface area (Å²) in [4.78, 5) is 12.3. The van der Waals surface area contributed by atoms with E-state index in [2.05, 4.69) is 20.8 Å². The van der Waals surface area contributed by atoms with E-state index >= 15 is 0 Å². The molecule has 4 atom stereocenters. The highest BCUT2D eigenvalue weighted by Gasteiger charge is 2.64. The molecule has 1 fully saturated rings. The molecule has 3 rings (SSSR count). The van der Waals surface area contributed by atoms with Crippen LogP contribution in [0.4, 0.5) is 0 Å². The lowest BCUT2D eigenvalue weighted by atomic mass is 9.78. The molecule has 0 bridgehead atoms. The standard InChI is InChI=1S/C15H22O3/c1-13(2)5-8-6-14(8,3)10-9(7-13)15(4,18)12(17)11(10)16/h8,12,17-18H,5-7H2,1-4H3/t8-,12+,14+,15-/m0/s1. The van der Waals surface area contributed by atoms with E-state index in [0.29, 0.717) is 12.3 Å². The molecule has 1 saturated carbocycles. The van der Waals surface area contributed by atoms with Crippen LogP contribution in [0, 0.1) is 16.7 Å². The minimum atomic E-state index is -1.37. The summed E-state index contributed by atoms with van der Waals surface area (Å²) in [7, 11) is 0. The maximum absolute atomic E-state index is 12.3. The highest BCUT2D eigenvalue weighted by Crippen LogP contribution is 2.67. The van der Waals surface area contributed by atoms with Gasteiger partial charge in [-0.05, 0) is 48.5 Å². The van der Waals surface area contributed by atoms with Gasteiger partial charge in [-0.25, -0.2) is 0 Å². The topological polar surface area (TPSA) is 57.5 Å². The van der Waals surface area contributed by atoms with E-state index in [1.165, 1.54) is 0 Å². The molecule has 18 heavy (non-hydrogen) atoms. The number of ketones is 1. The van der Waals surface area contributed by atoms with E-state index in [1.807, 2.05) is 0 Å². The Morgan fingerprint density at radius 1 is 1.17 bits per heavy atom. The Kier molecular flexibility index (Phi) is 2.11. The van der Waals surface area contributed by atoms with Crippen LogP contribution in [0.5, 0.6) is 0 Å². The molecule has 3 heteroatoms. The van der Waals surface area contributed by atoms with Gasteiger partial charge in [0.1, 0.15) is 11.7 Å². The molecular weight excluding hydrogens is 228 g/mol. The highest BCUT2D eigenvalue weighted by atomic mass is 16.3. The van der Waals surface area contributed by atoms with E-state index in [0.717, 1.165) is 24.0 Å². The lowest BCUT2D eigenvalue weighted by Crippen LogP contribution is -2.41. The first-order valence-corrected chi connectivity index (χ1v) is 6.78. The van der Waals surface area contributed by atoms with Gasteiger partial charge in [-0.15, -0.1) is 0 Å². The zero-order chi connectivity index (χ0) is 13.5. The normalized spacial score (nSPS) is 49.8. The minimum absolute atomic E-state index is 0.0911. The van der Waals surface area contributed by atoms with Gasteiger partial charge in [-0.3, -0.25) is 4.79 Å². The molecule has 0 saturated heterocycles.